The van der Waals surface area contributed by atoms with E-state index < -0.39 is 4.92 Å². The summed E-state index contributed by atoms with van der Waals surface area (Å²) in [6, 6.07) is 8.89. The maximum atomic E-state index is 10.8. The van der Waals surface area contributed by atoms with Gasteiger partial charge in [-0.15, -0.1) is 0 Å². The monoisotopic (exact) mass is 272 g/mol. The molecule has 1 saturated heterocycles. The molecule has 2 aromatic rings. The molecular weight excluding hydrogens is 256 g/mol. The predicted octanol–water partition coefficient (Wildman–Crippen LogP) is 2.07. The van der Waals surface area contributed by atoms with Gasteiger partial charge in [-0.3, -0.25) is 10.1 Å². The Bertz CT molecular complexity index is 659. The standard InChI is InChI=1S/C14H16N4O2/c15-9-12-2-1-7-17(12)14-6-3-10-8-11(18(19)20)4-5-13(10)16-14/h3-6,8,12H,1-2,7,9,15H2. The average molecular weight is 272 g/mol. The Balaban J connectivity index is 1.99. The Labute approximate surface area is 116 Å². The number of anilines is 1. The van der Waals surface area contributed by atoms with E-state index in [-0.39, 0.29) is 5.69 Å². The van der Waals surface area contributed by atoms with Gasteiger partial charge in [-0.25, -0.2) is 4.98 Å². The molecule has 1 aromatic heterocycles. The Morgan fingerprint density at radius 3 is 3.00 bits per heavy atom. The van der Waals surface area contributed by atoms with Crippen molar-refractivity contribution in [2.75, 3.05) is 18.0 Å². The van der Waals surface area contributed by atoms with Gasteiger partial charge in [-0.1, -0.05) is 0 Å². The zero-order valence-electron chi connectivity index (χ0n) is 11.0. The zero-order valence-corrected chi connectivity index (χ0v) is 11.0. The van der Waals surface area contributed by atoms with Gasteiger partial charge < -0.3 is 10.6 Å². The van der Waals surface area contributed by atoms with Crippen molar-refractivity contribution in [3.63, 3.8) is 0 Å². The average Bonchev–Trinajstić information content (AvgIpc) is 2.94. The fourth-order valence-corrected chi connectivity index (χ4v) is 2.76. The number of hydrogen-bond acceptors (Lipinski definition) is 5. The zero-order chi connectivity index (χ0) is 14.1. The van der Waals surface area contributed by atoms with Crippen LogP contribution in [0.4, 0.5) is 11.5 Å². The predicted molar refractivity (Wildman–Crippen MR) is 77.8 cm³/mol. The number of nitrogens with zero attached hydrogens (tertiary/aromatic N) is 3. The van der Waals surface area contributed by atoms with Gasteiger partial charge in [0, 0.05) is 36.7 Å². The summed E-state index contributed by atoms with van der Waals surface area (Å²) < 4.78 is 0. The second-order valence-electron chi connectivity index (χ2n) is 5.03. The first kappa shape index (κ1) is 12.8. The molecule has 1 unspecified atom stereocenters. The summed E-state index contributed by atoms with van der Waals surface area (Å²) in [5, 5.41) is 11.5. The van der Waals surface area contributed by atoms with Gasteiger partial charge in [-0.05, 0) is 31.0 Å². The molecule has 0 amide bonds. The summed E-state index contributed by atoms with van der Waals surface area (Å²) in [6.45, 7) is 1.59. The SMILES string of the molecule is NCC1CCCN1c1ccc2cc([N+](=O)[O-])ccc2n1. The molecule has 20 heavy (non-hydrogen) atoms. The van der Waals surface area contributed by atoms with Gasteiger partial charge in [0.15, 0.2) is 0 Å². The molecule has 2 N–H and O–H groups in total. The molecule has 0 radical (unpaired) electrons. The summed E-state index contributed by atoms with van der Waals surface area (Å²) >= 11 is 0. The van der Waals surface area contributed by atoms with E-state index in [0.717, 1.165) is 36.1 Å². The fraction of sp³-hybridized carbons (Fsp3) is 0.357. The van der Waals surface area contributed by atoms with Crippen molar-refractivity contribution < 1.29 is 4.92 Å². The van der Waals surface area contributed by atoms with Crippen LogP contribution in [0.15, 0.2) is 30.3 Å². The third kappa shape index (κ3) is 2.18. The first-order chi connectivity index (χ1) is 9.69. The van der Waals surface area contributed by atoms with Gasteiger partial charge in [0.05, 0.1) is 10.4 Å². The van der Waals surface area contributed by atoms with Crippen LogP contribution in [0.1, 0.15) is 12.8 Å². The van der Waals surface area contributed by atoms with Crippen molar-refractivity contribution in [1.29, 1.82) is 0 Å². The van der Waals surface area contributed by atoms with E-state index in [4.69, 9.17) is 5.73 Å². The molecule has 0 spiro atoms. The van der Waals surface area contributed by atoms with Crippen LogP contribution >= 0.6 is 0 Å². The number of rotatable bonds is 3. The fourth-order valence-electron chi connectivity index (χ4n) is 2.76. The number of non-ortho nitro benzene ring substituents is 1. The quantitative estimate of drug-likeness (QED) is 0.683. The van der Waals surface area contributed by atoms with Crippen molar-refractivity contribution in [3.8, 4) is 0 Å². The van der Waals surface area contributed by atoms with E-state index in [1.54, 1.807) is 12.1 Å². The van der Waals surface area contributed by atoms with Crippen molar-refractivity contribution in [2.24, 2.45) is 5.73 Å². The Hall–Kier alpha value is -2.21. The second kappa shape index (κ2) is 5.05. The lowest BCUT2D eigenvalue weighted by molar-refractivity contribution is -0.384. The molecule has 1 fully saturated rings. The molecule has 6 heteroatoms. The van der Waals surface area contributed by atoms with Crippen LogP contribution in [-0.4, -0.2) is 29.0 Å². The molecule has 0 saturated carbocycles. The molecule has 2 heterocycles. The molecule has 0 bridgehead atoms. The highest BCUT2D eigenvalue weighted by molar-refractivity contribution is 5.82. The lowest BCUT2D eigenvalue weighted by Crippen LogP contribution is -2.35. The first-order valence-corrected chi connectivity index (χ1v) is 6.71. The number of nitro groups is 1. The Kier molecular flexibility index (Phi) is 3.23. The summed E-state index contributed by atoms with van der Waals surface area (Å²) in [6.07, 6.45) is 2.22. The Morgan fingerprint density at radius 2 is 2.25 bits per heavy atom. The second-order valence-corrected chi connectivity index (χ2v) is 5.03. The summed E-state index contributed by atoms with van der Waals surface area (Å²) in [4.78, 5) is 17.2. The number of aromatic nitrogens is 1. The number of benzene rings is 1. The summed E-state index contributed by atoms with van der Waals surface area (Å²) in [5.41, 5.74) is 6.65. The first-order valence-electron chi connectivity index (χ1n) is 6.71. The third-order valence-corrected chi connectivity index (χ3v) is 3.81. The molecule has 104 valence electrons. The van der Waals surface area contributed by atoms with Crippen molar-refractivity contribution in [3.05, 3.63) is 40.4 Å². The lowest BCUT2D eigenvalue weighted by Gasteiger charge is -2.24. The minimum atomic E-state index is -0.391. The number of hydrogen-bond donors (Lipinski definition) is 1. The molecule has 1 aliphatic rings. The van der Waals surface area contributed by atoms with Crippen LogP contribution in [-0.2, 0) is 0 Å². The third-order valence-electron chi connectivity index (χ3n) is 3.81. The van der Waals surface area contributed by atoms with Crippen LogP contribution in [0, 0.1) is 10.1 Å². The Morgan fingerprint density at radius 1 is 1.40 bits per heavy atom. The maximum absolute atomic E-state index is 10.8. The van der Waals surface area contributed by atoms with Gasteiger partial charge in [0.2, 0.25) is 0 Å². The summed E-state index contributed by atoms with van der Waals surface area (Å²) in [7, 11) is 0. The van der Waals surface area contributed by atoms with Crippen LogP contribution in [0.25, 0.3) is 10.9 Å². The molecule has 1 aliphatic heterocycles. The van der Waals surface area contributed by atoms with Gasteiger partial charge in [0.1, 0.15) is 5.82 Å². The van der Waals surface area contributed by atoms with Crippen LogP contribution in [0.5, 0.6) is 0 Å². The van der Waals surface area contributed by atoms with E-state index >= 15 is 0 Å². The maximum Gasteiger partial charge on any atom is 0.270 e. The van der Waals surface area contributed by atoms with Crippen molar-refractivity contribution in [2.45, 2.75) is 18.9 Å². The van der Waals surface area contributed by atoms with Crippen LogP contribution in [0.2, 0.25) is 0 Å². The molecular formula is C14H16N4O2. The van der Waals surface area contributed by atoms with E-state index in [1.807, 2.05) is 12.1 Å². The largest absolute Gasteiger partial charge is 0.352 e. The minimum Gasteiger partial charge on any atom is -0.352 e. The lowest BCUT2D eigenvalue weighted by atomic mass is 10.2. The number of nitrogens with two attached hydrogens (primary N) is 1. The molecule has 1 aromatic carbocycles. The van der Waals surface area contributed by atoms with Gasteiger partial charge >= 0.3 is 0 Å². The topological polar surface area (TPSA) is 85.3 Å². The smallest absolute Gasteiger partial charge is 0.270 e. The highest BCUT2D eigenvalue weighted by Crippen LogP contribution is 2.27. The highest BCUT2D eigenvalue weighted by atomic mass is 16.6. The van der Waals surface area contributed by atoms with E-state index in [1.165, 1.54) is 6.07 Å². The van der Waals surface area contributed by atoms with Crippen LogP contribution in [0.3, 0.4) is 0 Å². The van der Waals surface area contributed by atoms with E-state index in [9.17, 15) is 10.1 Å². The van der Waals surface area contributed by atoms with Crippen molar-refractivity contribution in [1.82, 2.24) is 4.98 Å². The molecule has 6 nitrogen and oxygen atoms in total. The van der Waals surface area contributed by atoms with E-state index in [2.05, 4.69) is 9.88 Å². The molecule has 0 aliphatic carbocycles. The van der Waals surface area contributed by atoms with Gasteiger partial charge in [0.25, 0.3) is 5.69 Å². The van der Waals surface area contributed by atoms with Crippen molar-refractivity contribution >= 4 is 22.4 Å². The number of fused-ring (bicyclic) bond motifs is 1. The minimum absolute atomic E-state index is 0.0908. The van der Waals surface area contributed by atoms with Crippen LogP contribution < -0.4 is 10.6 Å². The number of pyridine rings is 1. The molecule has 1 atom stereocenters. The summed E-state index contributed by atoms with van der Waals surface area (Å²) in [5.74, 6) is 0.902. The number of nitro benzene ring substituents is 1. The van der Waals surface area contributed by atoms with Gasteiger partial charge in [-0.2, -0.15) is 0 Å². The molecule has 3 rings (SSSR count). The normalized spacial score (nSPS) is 18.6. The highest BCUT2D eigenvalue weighted by Gasteiger charge is 2.24. The van der Waals surface area contributed by atoms with E-state index in [0.29, 0.717) is 12.6 Å².